The van der Waals surface area contributed by atoms with E-state index in [0.29, 0.717) is 30.5 Å². The molecule has 1 fully saturated rings. The molecule has 0 unspecified atom stereocenters. The molecule has 0 radical (unpaired) electrons. The van der Waals surface area contributed by atoms with Crippen molar-refractivity contribution in [1.82, 2.24) is 14.9 Å². The summed E-state index contributed by atoms with van der Waals surface area (Å²) in [5.41, 5.74) is 0.793. The van der Waals surface area contributed by atoms with Crippen molar-refractivity contribution in [3.8, 4) is 0 Å². The Labute approximate surface area is 157 Å². The van der Waals surface area contributed by atoms with Gasteiger partial charge in [0.15, 0.2) is 0 Å². The Balaban J connectivity index is 1.56. The summed E-state index contributed by atoms with van der Waals surface area (Å²) in [6.07, 6.45) is 2.96. The van der Waals surface area contributed by atoms with Crippen molar-refractivity contribution in [3.05, 3.63) is 41.7 Å². The predicted octanol–water partition coefficient (Wildman–Crippen LogP) is 3.91. The molecule has 1 aliphatic rings. The molecule has 138 valence electrons. The van der Waals surface area contributed by atoms with Gasteiger partial charge in [-0.05, 0) is 31.9 Å². The molecule has 3 rings (SSSR count). The zero-order valence-corrected chi connectivity index (χ0v) is 15.4. The molecule has 1 aliphatic heterocycles. The van der Waals surface area contributed by atoms with E-state index in [-0.39, 0.29) is 12.1 Å². The minimum Gasteiger partial charge on any atom is -0.450 e. The second kappa shape index (κ2) is 8.71. The summed E-state index contributed by atoms with van der Waals surface area (Å²) in [4.78, 5) is 22.0. The van der Waals surface area contributed by atoms with Crippen molar-refractivity contribution in [2.24, 2.45) is 0 Å². The number of hydrogen-bond donors (Lipinski definition) is 2. The normalized spacial score (nSPS) is 14.8. The number of likely N-dealkylation sites (tertiary alicyclic amines) is 1. The van der Waals surface area contributed by atoms with Crippen molar-refractivity contribution < 1.29 is 9.53 Å². The number of hydrogen-bond acceptors (Lipinski definition) is 6. The van der Waals surface area contributed by atoms with Gasteiger partial charge in [0.2, 0.25) is 0 Å². The first-order chi connectivity index (χ1) is 12.7. The van der Waals surface area contributed by atoms with Crippen LogP contribution in [0, 0.1) is 0 Å². The zero-order chi connectivity index (χ0) is 18.4. The van der Waals surface area contributed by atoms with E-state index in [0.717, 1.165) is 24.3 Å². The number of para-hydroxylation sites is 1. The molecule has 26 heavy (non-hydrogen) atoms. The Morgan fingerprint density at radius 3 is 2.73 bits per heavy atom. The van der Waals surface area contributed by atoms with Crippen LogP contribution >= 0.6 is 11.6 Å². The maximum Gasteiger partial charge on any atom is 0.409 e. The topological polar surface area (TPSA) is 79.4 Å². The standard InChI is InChI=1S/C18H22ClN5O2/c1-2-26-18(25)24-9-7-13(8-10-24)22-16-11-17(21-12-20-16)23-15-6-4-3-5-14(15)19/h3-6,11-13H,2,7-10H2,1H3,(H2,20,21,22,23). The number of rotatable bonds is 5. The lowest BCUT2D eigenvalue weighted by molar-refractivity contribution is 0.0983. The number of amides is 1. The highest BCUT2D eigenvalue weighted by Gasteiger charge is 2.23. The quantitative estimate of drug-likeness (QED) is 0.824. The predicted molar refractivity (Wildman–Crippen MR) is 102 cm³/mol. The molecule has 0 aliphatic carbocycles. The highest BCUT2D eigenvalue weighted by molar-refractivity contribution is 6.33. The average molecular weight is 376 g/mol. The van der Waals surface area contributed by atoms with Gasteiger partial charge in [-0.2, -0.15) is 0 Å². The molecule has 1 aromatic heterocycles. The first-order valence-corrected chi connectivity index (χ1v) is 9.05. The Hall–Kier alpha value is -2.54. The number of nitrogens with zero attached hydrogens (tertiary/aromatic N) is 3. The van der Waals surface area contributed by atoms with E-state index >= 15 is 0 Å². The lowest BCUT2D eigenvalue weighted by Gasteiger charge is -2.31. The van der Waals surface area contributed by atoms with Crippen LogP contribution in [0.15, 0.2) is 36.7 Å². The fraction of sp³-hybridized carbons (Fsp3) is 0.389. The number of halogens is 1. The van der Waals surface area contributed by atoms with Gasteiger partial charge in [-0.3, -0.25) is 0 Å². The third-order valence-electron chi connectivity index (χ3n) is 4.18. The number of carbonyl (C=O) groups is 1. The second-order valence-electron chi connectivity index (χ2n) is 6.00. The molecule has 7 nitrogen and oxygen atoms in total. The third-order valence-corrected chi connectivity index (χ3v) is 4.51. The molecule has 0 spiro atoms. The molecule has 2 aromatic rings. The van der Waals surface area contributed by atoms with Gasteiger partial charge in [0, 0.05) is 25.2 Å². The number of carbonyl (C=O) groups excluding carboxylic acids is 1. The van der Waals surface area contributed by atoms with Crippen molar-refractivity contribution in [3.63, 3.8) is 0 Å². The monoisotopic (exact) mass is 375 g/mol. The Kier molecular flexibility index (Phi) is 6.12. The van der Waals surface area contributed by atoms with E-state index in [1.54, 1.807) is 4.90 Å². The summed E-state index contributed by atoms with van der Waals surface area (Å²) >= 11 is 6.17. The van der Waals surface area contributed by atoms with Crippen LogP contribution in [0.4, 0.5) is 22.1 Å². The van der Waals surface area contributed by atoms with E-state index in [4.69, 9.17) is 16.3 Å². The highest BCUT2D eigenvalue weighted by atomic mass is 35.5. The molecule has 1 saturated heterocycles. The molecular weight excluding hydrogens is 354 g/mol. The van der Waals surface area contributed by atoms with Gasteiger partial charge in [0.05, 0.1) is 17.3 Å². The molecule has 2 heterocycles. The fourth-order valence-corrected chi connectivity index (χ4v) is 3.02. The SMILES string of the molecule is CCOC(=O)N1CCC(Nc2cc(Nc3ccccc3Cl)ncn2)CC1. The van der Waals surface area contributed by atoms with Crippen LogP contribution < -0.4 is 10.6 Å². The lowest BCUT2D eigenvalue weighted by atomic mass is 10.1. The Morgan fingerprint density at radius 2 is 2.00 bits per heavy atom. The van der Waals surface area contributed by atoms with Crippen LogP contribution in [0.2, 0.25) is 5.02 Å². The minimum atomic E-state index is -0.237. The number of benzene rings is 1. The van der Waals surface area contributed by atoms with Gasteiger partial charge >= 0.3 is 6.09 Å². The number of anilines is 3. The van der Waals surface area contributed by atoms with Gasteiger partial charge in [-0.1, -0.05) is 23.7 Å². The van der Waals surface area contributed by atoms with Crippen molar-refractivity contribution in [2.75, 3.05) is 30.3 Å². The Morgan fingerprint density at radius 1 is 1.27 bits per heavy atom. The molecule has 8 heteroatoms. The van der Waals surface area contributed by atoms with Gasteiger partial charge in [-0.25, -0.2) is 14.8 Å². The zero-order valence-electron chi connectivity index (χ0n) is 14.6. The summed E-state index contributed by atoms with van der Waals surface area (Å²) in [7, 11) is 0. The van der Waals surface area contributed by atoms with Gasteiger partial charge < -0.3 is 20.3 Å². The van der Waals surface area contributed by atoms with Crippen LogP contribution in [0.5, 0.6) is 0 Å². The van der Waals surface area contributed by atoms with E-state index < -0.39 is 0 Å². The number of aromatic nitrogens is 2. The Bertz CT molecular complexity index is 750. The lowest BCUT2D eigenvalue weighted by Crippen LogP contribution is -2.42. The number of nitrogens with one attached hydrogen (secondary N) is 2. The summed E-state index contributed by atoms with van der Waals surface area (Å²) in [5.74, 6) is 1.41. The van der Waals surface area contributed by atoms with Crippen LogP contribution in [-0.4, -0.2) is 46.7 Å². The minimum absolute atomic E-state index is 0.237. The van der Waals surface area contributed by atoms with Crippen LogP contribution in [0.1, 0.15) is 19.8 Å². The first kappa shape index (κ1) is 18.3. The average Bonchev–Trinajstić information content (AvgIpc) is 2.65. The van der Waals surface area contributed by atoms with Crippen molar-refractivity contribution in [1.29, 1.82) is 0 Å². The number of ether oxygens (including phenoxy) is 1. The van der Waals surface area contributed by atoms with Crippen LogP contribution in [0.25, 0.3) is 0 Å². The third kappa shape index (κ3) is 4.76. The van der Waals surface area contributed by atoms with Crippen molar-refractivity contribution >= 4 is 35.0 Å². The maximum absolute atomic E-state index is 11.8. The van der Waals surface area contributed by atoms with Crippen LogP contribution in [0.3, 0.4) is 0 Å². The maximum atomic E-state index is 11.8. The summed E-state index contributed by atoms with van der Waals surface area (Å²) in [5, 5.41) is 7.24. The van der Waals surface area contributed by atoms with Gasteiger partial charge in [0.25, 0.3) is 0 Å². The molecule has 2 N–H and O–H groups in total. The van der Waals surface area contributed by atoms with E-state index in [2.05, 4.69) is 20.6 Å². The molecular formula is C18H22ClN5O2. The largest absolute Gasteiger partial charge is 0.450 e. The summed E-state index contributed by atoms with van der Waals surface area (Å²) in [6.45, 7) is 3.56. The summed E-state index contributed by atoms with van der Waals surface area (Å²) in [6, 6.07) is 9.60. The van der Waals surface area contributed by atoms with E-state index in [9.17, 15) is 4.79 Å². The second-order valence-corrected chi connectivity index (χ2v) is 6.41. The molecule has 1 amide bonds. The molecule has 0 saturated carbocycles. The fourth-order valence-electron chi connectivity index (χ4n) is 2.84. The highest BCUT2D eigenvalue weighted by Crippen LogP contribution is 2.25. The van der Waals surface area contributed by atoms with E-state index in [1.165, 1.54) is 6.33 Å². The summed E-state index contributed by atoms with van der Waals surface area (Å²) < 4.78 is 5.04. The van der Waals surface area contributed by atoms with Crippen LogP contribution in [-0.2, 0) is 4.74 Å². The number of piperidine rings is 1. The first-order valence-electron chi connectivity index (χ1n) is 8.67. The molecule has 0 bridgehead atoms. The smallest absolute Gasteiger partial charge is 0.409 e. The van der Waals surface area contributed by atoms with Gasteiger partial charge in [-0.15, -0.1) is 0 Å². The van der Waals surface area contributed by atoms with Crippen molar-refractivity contribution in [2.45, 2.75) is 25.8 Å². The molecule has 1 aromatic carbocycles. The van der Waals surface area contributed by atoms with Gasteiger partial charge in [0.1, 0.15) is 18.0 Å². The molecule has 0 atom stereocenters. The van der Waals surface area contributed by atoms with E-state index in [1.807, 2.05) is 37.3 Å².